The summed E-state index contributed by atoms with van der Waals surface area (Å²) in [6, 6.07) is 15.1. The fraction of sp³-hybridized carbons (Fsp3) is 0.476. The summed E-state index contributed by atoms with van der Waals surface area (Å²) >= 11 is 0. The van der Waals surface area contributed by atoms with E-state index in [1.807, 2.05) is 12.1 Å². The first kappa shape index (κ1) is 17.3. The molecule has 2 fully saturated rings. The van der Waals surface area contributed by atoms with E-state index in [2.05, 4.69) is 52.2 Å². The minimum absolute atomic E-state index is 0.481. The Morgan fingerprint density at radius 3 is 2.54 bits per heavy atom. The third-order valence-corrected chi connectivity index (χ3v) is 5.80. The molecule has 2 aromatic rings. The molecule has 0 amide bonds. The van der Waals surface area contributed by atoms with Crippen LogP contribution in [0.25, 0.3) is 0 Å². The minimum atomic E-state index is 0.481. The van der Waals surface area contributed by atoms with E-state index < -0.39 is 0 Å². The lowest BCUT2D eigenvalue weighted by Gasteiger charge is -2.27. The Morgan fingerprint density at radius 2 is 1.81 bits per heavy atom. The van der Waals surface area contributed by atoms with Crippen LogP contribution in [0.1, 0.15) is 17.3 Å². The predicted molar refractivity (Wildman–Crippen MR) is 101 cm³/mol. The van der Waals surface area contributed by atoms with Gasteiger partial charge < -0.3 is 9.47 Å². The highest BCUT2D eigenvalue weighted by Gasteiger charge is 2.45. The van der Waals surface area contributed by atoms with Crippen molar-refractivity contribution >= 4 is 0 Å². The van der Waals surface area contributed by atoms with Gasteiger partial charge in [-0.15, -0.1) is 0 Å². The number of hydrogen-bond acceptors (Lipinski definition) is 5. The molecule has 26 heavy (non-hydrogen) atoms. The molecular formula is C21H27N3O2. The Labute approximate surface area is 155 Å². The Morgan fingerprint density at radius 1 is 1.00 bits per heavy atom. The van der Waals surface area contributed by atoms with Crippen LogP contribution in [0, 0.1) is 11.8 Å². The Balaban J connectivity index is 1.47. The van der Waals surface area contributed by atoms with Crippen molar-refractivity contribution in [2.75, 3.05) is 40.9 Å². The van der Waals surface area contributed by atoms with Gasteiger partial charge in [0.15, 0.2) is 0 Å². The van der Waals surface area contributed by atoms with Crippen molar-refractivity contribution in [3.63, 3.8) is 0 Å². The van der Waals surface area contributed by atoms with Crippen LogP contribution in [0.5, 0.6) is 11.6 Å². The molecule has 138 valence electrons. The smallest absolute Gasteiger partial charge is 0.213 e. The van der Waals surface area contributed by atoms with Crippen LogP contribution in [-0.2, 0) is 6.54 Å². The van der Waals surface area contributed by atoms with E-state index >= 15 is 0 Å². The second-order valence-corrected chi connectivity index (χ2v) is 7.45. The van der Waals surface area contributed by atoms with Gasteiger partial charge in [-0.05, 0) is 42.6 Å². The van der Waals surface area contributed by atoms with Gasteiger partial charge in [0.2, 0.25) is 5.88 Å². The zero-order chi connectivity index (χ0) is 18.1. The predicted octanol–water partition coefficient (Wildman–Crippen LogP) is 2.83. The van der Waals surface area contributed by atoms with Gasteiger partial charge in [-0.25, -0.2) is 4.98 Å². The summed E-state index contributed by atoms with van der Waals surface area (Å²) in [5.41, 5.74) is 2.47. The molecule has 0 radical (unpaired) electrons. The molecular weight excluding hydrogens is 326 g/mol. The third-order valence-electron chi connectivity index (χ3n) is 5.80. The lowest BCUT2D eigenvalue weighted by atomic mass is 9.89. The van der Waals surface area contributed by atoms with Crippen molar-refractivity contribution < 1.29 is 9.47 Å². The highest BCUT2D eigenvalue weighted by molar-refractivity contribution is 5.30. The van der Waals surface area contributed by atoms with E-state index in [1.165, 1.54) is 5.56 Å². The standard InChI is InChI=1S/C21H27N3O2/c1-23-11-16-12-24(13-17-5-4-6-20(22-17)26-3)14-19(16)21(23)15-7-9-18(25-2)10-8-15/h4-10,16,19,21H,11-14H2,1-3H3/t16-,19+,21-/m0/s1. The number of fused-ring (bicyclic) bond motifs is 1. The molecule has 1 aromatic heterocycles. The highest BCUT2D eigenvalue weighted by atomic mass is 16.5. The normalized spacial score (nSPS) is 26.0. The number of pyridine rings is 1. The lowest BCUT2D eigenvalue weighted by molar-refractivity contribution is 0.223. The van der Waals surface area contributed by atoms with Crippen LogP contribution in [0.15, 0.2) is 42.5 Å². The maximum absolute atomic E-state index is 5.31. The molecule has 5 heteroatoms. The van der Waals surface area contributed by atoms with Crippen LogP contribution in [0.4, 0.5) is 0 Å². The van der Waals surface area contributed by atoms with Crippen LogP contribution >= 0.6 is 0 Å². The molecule has 0 unspecified atom stereocenters. The Hall–Kier alpha value is -2.11. The summed E-state index contributed by atoms with van der Waals surface area (Å²) in [5.74, 6) is 3.00. The van der Waals surface area contributed by atoms with E-state index in [1.54, 1.807) is 14.2 Å². The van der Waals surface area contributed by atoms with Crippen molar-refractivity contribution in [3.05, 3.63) is 53.7 Å². The fourth-order valence-corrected chi connectivity index (χ4v) is 4.67. The lowest BCUT2D eigenvalue weighted by Crippen LogP contribution is -2.29. The van der Waals surface area contributed by atoms with Gasteiger partial charge in [-0.1, -0.05) is 18.2 Å². The van der Waals surface area contributed by atoms with Crippen molar-refractivity contribution in [2.45, 2.75) is 12.6 Å². The van der Waals surface area contributed by atoms with Crippen molar-refractivity contribution in [1.82, 2.24) is 14.8 Å². The van der Waals surface area contributed by atoms with Crippen LogP contribution < -0.4 is 9.47 Å². The summed E-state index contributed by atoms with van der Waals surface area (Å²) in [4.78, 5) is 9.63. The van der Waals surface area contributed by atoms with Crippen molar-refractivity contribution in [2.24, 2.45) is 11.8 Å². The second-order valence-electron chi connectivity index (χ2n) is 7.45. The van der Waals surface area contributed by atoms with E-state index in [0.29, 0.717) is 17.8 Å². The maximum Gasteiger partial charge on any atom is 0.213 e. The Bertz CT molecular complexity index is 749. The molecule has 2 saturated heterocycles. The SMILES string of the molecule is COc1ccc([C@H]2[C@@H]3CN(Cc4cccc(OC)n4)C[C@@H]3CN2C)cc1. The molecule has 0 bridgehead atoms. The van der Waals surface area contributed by atoms with Crippen molar-refractivity contribution in [3.8, 4) is 11.6 Å². The van der Waals surface area contributed by atoms with Gasteiger partial charge in [-0.3, -0.25) is 9.80 Å². The van der Waals surface area contributed by atoms with Gasteiger partial charge in [0.1, 0.15) is 5.75 Å². The molecule has 3 heterocycles. The van der Waals surface area contributed by atoms with Gasteiger partial charge in [0, 0.05) is 38.3 Å². The summed E-state index contributed by atoms with van der Waals surface area (Å²) < 4.78 is 10.6. The number of hydrogen-bond donors (Lipinski definition) is 0. The largest absolute Gasteiger partial charge is 0.497 e. The quantitative estimate of drug-likeness (QED) is 0.826. The summed E-state index contributed by atoms with van der Waals surface area (Å²) in [6.45, 7) is 4.30. The van der Waals surface area contributed by atoms with Gasteiger partial charge >= 0.3 is 0 Å². The monoisotopic (exact) mass is 353 g/mol. The summed E-state index contributed by atoms with van der Waals surface area (Å²) in [7, 11) is 5.64. The van der Waals surface area contributed by atoms with Crippen molar-refractivity contribution in [1.29, 1.82) is 0 Å². The van der Waals surface area contributed by atoms with Crippen LogP contribution in [0.3, 0.4) is 0 Å². The van der Waals surface area contributed by atoms with E-state index in [0.717, 1.165) is 43.5 Å². The minimum Gasteiger partial charge on any atom is -0.497 e. The van der Waals surface area contributed by atoms with Gasteiger partial charge in [0.25, 0.3) is 0 Å². The molecule has 2 aliphatic rings. The highest BCUT2D eigenvalue weighted by Crippen LogP contribution is 2.44. The first-order valence-electron chi connectivity index (χ1n) is 9.24. The molecule has 0 aliphatic carbocycles. The molecule has 3 atom stereocenters. The summed E-state index contributed by atoms with van der Waals surface area (Å²) in [6.07, 6.45) is 0. The third kappa shape index (κ3) is 3.29. The van der Waals surface area contributed by atoms with Gasteiger partial charge in [0.05, 0.1) is 19.9 Å². The average molecular weight is 353 g/mol. The fourth-order valence-electron chi connectivity index (χ4n) is 4.67. The molecule has 2 aliphatic heterocycles. The number of benzene rings is 1. The maximum atomic E-state index is 5.31. The Kier molecular flexibility index (Phi) is 4.83. The first-order valence-corrected chi connectivity index (χ1v) is 9.24. The van der Waals surface area contributed by atoms with E-state index in [-0.39, 0.29) is 0 Å². The number of ether oxygens (including phenoxy) is 2. The number of rotatable bonds is 5. The number of likely N-dealkylation sites (tertiary alicyclic amines) is 2. The van der Waals surface area contributed by atoms with E-state index in [9.17, 15) is 0 Å². The topological polar surface area (TPSA) is 37.8 Å². The van der Waals surface area contributed by atoms with Gasteiger partial charge in [-0.2, -0.15) is 0 Å². The van der Waals surface area contributed by atoms with Crippen LogP contribution in [0.2, 0.25) is 0 Å². The summed E-state index contributed by atoms with van der Waals surface area (Å²) in [5, 5.41) is 0. The number of aromatic nitrogens is 1. The van der Waals surface area contributed by atoms with Crippen LogP contribution in [-0.4, -0.2) is 55.7 Å². The zero-order valence-electron chi connectivity index (χ0n) is 15.8. The number of methoxy groups -OCH3 is 2. The number of nitrogens with zero attached hydrogens (tertiary/aromatic N) is 3. The molecule has 5 nitrogen and oxygen atoms in total. The molecule has 0 N–H and O–H groups in total. The average Bonchev–Trinajstić information content (AvgIpc) is 3.17. The first-order chi connectivity index (χ1) is 12.7. The molecule has 0 saturated carbocycles. The molecule has 1 aromatic carbocycles. The zero-order valence-corrected chi connectivity index (χ0v) is 15.8. The second kappa shape index (κ2) is 7.25. The molecule has 0 spiro atoms. The van der Waals surface area contributed by atoms with E-state index in [4.69, 9.17) is 9.47 Å². The molecule has 4 rings (SSSR count).